The Labute approximate surface area is 131 Å². The number of amides is 3. The van der Waals surface area contributed by atoms with Crippen molar-refractivity contribution in [2.75, 3.05) is 13.1 Å². The van der Waals surface area contributed by atoms with Crippen molar-refractivity contribution in [2.45, 2.75) is 45.2 Å². The molecule has 1 saturated heterocycles. The zero-order chi connectivity index (χ0) is 15.8. The lowest BCUT2D eigenvalue weighted by atomic mass is 10.1. The quantitative estimate of drug-likeness (QED) is 0.869. The zero-order valence-corrected chi connectivity index (χ0v) is 13.0. The van der Waals surface area contributed by atoms with Crippen LogP contribution in [0.1, 0.15) is 38.3 Å². The van der Waals surface area contributed by atoms with E-state index < -0.39 is 0 Å². The number of likely N-dealkylation sites (tertiary alicyclic amines) is 1. The topological polar surface area (TPSA) is 74.3 Å². The van der Waals surface area contributed by atoms with Crippen molar-refractivity contribution in [3.8, 4) is 0 Å². The highest BCUT2D eigenvalue weighted by Crippen LogP contribution is 2.10. The largest absolute Gasteiger partial charge is 0.352 e. The monoisotopic (exact) mass is 304 g/mol. The lowest BCUT2D eigenvalue weighted by Crippen LogP contribution is -2.52. The Morgan fingerprint density at radius 1 is 1.41 bits per heavy atom. The summed E-state index contributed by atoms with van der Waals surface area (Å²) < 4.78 is 0. The van der Waals surface area contributed by atoms with Gasteiger partial charge in [-0.1, -0.05) is 13.0 Å². The summed E-state index contributed by atoms with van der Waals surface area (Å²) in [5.74, 6) is 0.0724. The molecule has 2 rings (SSSR count). The molecule has 1 atom stereocenters. The van der Waals surface area contributed by atoms with Crippen molar-refractivity contribution in [1.82, 2.24) is 20.5 Å². The summed E-state index contributed by atoms with van der Waals surface area (Å²) in [6.07, 6.45) is 4.93. The van der Waals surface area contributed by atoms with Crippen LogP contribution < -0.4 is 10.6 Å². The molecule has 0 aliphatic carbocycles. The van der Waals surface area contributed by atoms with E-state index in [-0.39, 0.29) is 18.0 Å². The lowest BCUT2D eigenvalue weighted by Gasteiger charge is -2.33. The van der Waals surface area contributed by atoms with Gasteiger partial charge in [0.25, 0.3) is 0 Å². The SMILES string of the molecule is CCCC(=O)NC1CCCN(C(=O)NCc2ccccn2)C1. The summed E-state index contributed by atoms with van der Waals surface area (Å²) in [5.41, 5.74) is 0.834. The fraction of sp³-hybridized carbons (Fsp3) is 0.562. The molecule has 1 aromatic rings. The molecule has 0 spiro atoms. The fourth-order valence-corrected chi connectivity index (χ4v) is 2.59. The number of carbonyl (C=O) groups excluding carboxylic acids is 2. The molecule has 0 aromatic carbocycles. The molecular formula is C16H24N4O2. The van der Waals surface area contributed by atoms with Crippen LogP contribution in [0.2, 0.25) is 0 Å². The van der Waals surface area contributed by atoms with E-state index in [1.807, 2.05) is 25.1 Å². The maximum Gasteiger partial charge on any atom is 0.317 e. The minimum Gasteiger partial charge on any atom is -0.352 e. The highest BCUT2D eigenvalue weighted by molar-refractivity contribution is 5.77. The second-order valence-electron chi connectivity index (χ2n) is 5.58. The van der Waals surface area contributed by atoms with Gasteiger partial charge in [0.2, 0.25) is 5.91 Å². The molecule has 0 bridgehead atoms. The van der Waals surface area contributed by atoms with E-state index in [4.69, 9.17) is 0 Å². The summed E-state index contributed by atoms with van der Waals surface area (Å²) in [7, 11) is 0. The first kappa shape index (κ1) is 16.3. The third-order valence-corrected chi connectivity index (χ3v) is 3.70. The van der Waals surface area contributed by atoms with E-state index in [1.54, 1.807) is 11.1 Å². The summed E-state index contributed by atoms with van der Waals surface area (Å²) in [5, 5.41) is 5.88. The minimum atomic E-state index is -0.0971. The molecule has 6 nitrogen and oxygen atoms in total. The van der Waals surface area contributed by atoms with Crippen LogP contribution in [0.3, 0.4) is 0 Å². The Morgan fingerprint density at radius 2 is 2.27 bits per heavy atom. The molecule has 1 aliphatic heterocycles. The van der Waals surface area contributed by atoms with Crippen LogP contribution in [0.25, 0.3) is 0 Å². The number of piperidine rings is 1. The second-order valence-corrected chi connectivity index (χ2v) is 5.58. The first-order valence-corrected chi connectivity index (χ1v) is 7.91. The van der Waals surface area contributed by atoms with Crippen LogP contribution in [0.5, 0.6) is 0 Å². The summed E-state index contributed by atoms with van der Waals surface area (Å²) in [6, 6.07) is 5.59. The number of rotatable bonds is 5. The number of pyridine rings is 1. The van der Waals surface area contributed by atoms with E-state index in [1.165, 1.54) is 0 Å². The second kappa shape index (κ2) is 8.36. The maximum absolute atomic E-state index is 12.2. The van der Waals surface area contributed by atoms with Crippen molar-refractivity contribution >= 4 is 11.9 Å². The van der Waals surface area contributed by atoms with Crippen LogP contribution in [-0.4, -0.2) is 41.0 Å². The summed E-state index contributed by atoms with van der Waals surface area (Å²) in [6.45, 7) is 3.71. The van der Waals surface area contributed by atoms with Gasteiger partial charge in [-0.3, -0.25) is 9.78 Å². The normalized spacial score (nSPS) is 17.9. The Bertz CT molecular complexity index is 492. The lowest BCUT2D eigenvalue weighted by molar-refractivity contribution is -0.122. The molecular weight excluding hydrogens is 280 g/mol. The van der Waals surface area contributed by atoms with E-state index in [0.717, 1.165) is 31.5 Å². The number of aromatic nitrogens is 1. The average molecular weight is 304 g/mol. The first-order valence-electron chi connectivity index (χ1n) is 7.91. The predicted octanol–water partition coefficient (Wildman–Crippen LogP) is 1.67. The highest BCUT2D eigenvalue weighted by atomic mass is 16.2. The third-order valence-electron chi connectivity index (χ3n) is 3.70. The number of nitrogens with zero attached hydrogens (tertiary/aromatic N) is 2. The Balaban J connectivity index is 1.78. The van der Waals surface area contributed by atoms with Gasteiger partial charge in [-0.2, -0.15) is 0 Å². The third kappa shape index (κ3) is 5.02. The van der Waals surface area contributed by atoms with Gasteiger partial charge < -0.3 is 15.5 Å². The zero-order valence-electron chi connectivity index (χ0n) is 13.0. The molecule has 0 radical (unpaired) electrons. The smallest absolute Gasteiger partial charge is 0.317 e. The Morgan fingerprint density at radius 3 is 3.00 bits per heavy atom. The number of nitrogens with one attached hydrogen (secondary N) is 2. The van der Waals surface area contributed by atoms with Gasteiger partial charge in [0.15, 0.2) is 0 Å². The molecule has 1 aromatic heterocycles. The van der Waals surface area contributed by atoms with E-state index in [2.05, 4.69) is 15.6 Å². The van der Waals surface area contributed by atoms with E-state index in [9.17, 15) is 9.59 Å². The summed E-state index contributed by atoms with van der Waals surface area (Å²) in [4.78, 5) is 29.8. The van der Waals surface area contributed by atoms with Gasteiger partial charge in [-0.05, 0) is 31.4 Å². The first-order chi connectivity index (χ1) is 10.7. The maximum atomic E-state index is 12.2. The van der Waals surface area contributed by atoms with Crippen molar-refractivity contribution < 1.29 is 9.59 Å². The average Bonchev–Trinajstić information content (AvgIpc) is 2.54. The Hall–Kier alpha value is -2.11. The molecule has 0 saturated carbocycles. The van der Waals surface area contributed by atoms with E-state index in [0.29, 0.717) is 19.5 Å². The molecule has 1 aliphatic rings. The van der Waals surface area contributed by atoms with Gasteiger partial charge in [-0.15, -0.1) is 0 Å². The van der Waals surface area contributed by atoms with Gasteiger partial charge in [-0.25, -0.2) is 4.79 Å². The van der Waals surface area contributed by atoms with Crippen LogP contribution in [-0.2, 0) is 11.3 Å². The standard InChI is InChI=1S/C16H24N4O2/c1-2-6-15(21)19-14-8-5-10-20(12-14)16(22)18-11-13-7-3-4-9-17-13/h3-4,7,9,14H,2,5-6,8,10-12H2,1H3,(H,18,22)(H,19,21). The van der Waals surface area contributed by atoms with Gasteiger partial charge in [0.1, 0.15) is 0 Å². The van der Waals surface area contributed by atoms with Crippen LogP contribution >= 0.6 is 0 Å². The van der Waals surface area contributed by atoms with Crippen molar-refractivity contribution in [3.05, 3.63) is 30.1 Å². The highest BCUT2D eigenvalue weighted by Gasteiger charge is 2.24. The van der Waals surface area contributed by atoms with Crippen LogP contribution in [0.4, 0.5) is 4.79 Å². The number of urea groups is 1. The number of hydrogen-bond donors (Lipinski definition) is 2. The molecule has 3 amide bonds. The van der Waals surface area contributed by atoms with Crippen molar-refractivity contribution in [2.24, 2.45) is 0 Å². The molecule has 22 heavy (non-hydrogen) atoms. The minimum absolute atomic E-state index is 0.0633. The van der Waals surface area contributed by atoms with Gasteiger partial charge in [0.05, 0.1) is 12.2 Å². The van der Waals surface area contributed by atoms with Crippen molar-refractivity contribution in [3.63, 3.8) is 0 Å². The fourth-order valence-electron chi connectivity index (χ4n) is 2.59. The van der Waals surface area contributed by atoms with E-state index >= 15 is 0 Å². The molecule has 6 heteroatoms. The van der Waals surface area contributed by atoms with Crippen LogP contribution in [0.15, 0.2) is 24.4 Å². The molecule has 1 fully saturated rings. The number of hydrogen-bond acceptors (Lipinski definition) is 3. The number of carbonyl (C=O) groups is 2. The predicted molar refractivity (Wildman–Crippen MR) is 84.1 cm³/mol. The molecule has 120 valence electrons. The van der Waals surface area contributed by atoms with Gasteiger partial charge >= 0.3 is 6.03 Å². The van der Waals surface area contributed by atoms with Crippen LogP contribution in [0, 0.1) is 0 Å². The summed E-state index contributed by atoms with van der Waals surface area (Å²) >= 11 is 0. The van der Waals surface area contributed by atoms with Gasteiger partial charge in [0, 0.05) is 31.7 Å². The Kier molecular flexibility index (Phi) is 6.18. The molecule has 1 unspecified atom stereocenters. The molecule has 2 N–H and O–H groups in total. The molecule has 2 heterocycles. The van der Waals surface area contributed by atoms with Crippen molar-refractivity contribution in [1.29, 1.82) is 0 Å².